The Morgan fingerprint density at radius 2 is 1.07 bits per heavy atom. The molecule has 0 saturated heterocycles. The first kappa shape index (κ1) is 28.2. The molecule has 29 heavy (non-hydrogen) atoms. The number of hydrogen-bond acceptors (Lipinski definition) is 2. The van der Waals surface area contributed by atoms with Crippen molar-refractivity contribution in [3.05, 3.63) is 12.7 Å². The van der Waals surface area contributed by atoms with Gasteiger partial charge in [-0.3, -0.25) is 0 Å². The molecule has 0 amide bonds. The maximum absolute atomic E-state index is 11.1. The van der Waals surface area contributed by atoms with Crippen LogP contribution in [0.25, 0.3) is 0 Å². The van der Waals surface area contributed by atoms with Gasteiger partial charge in [0.25, 0.3) is 0 Å². The Balaban J connectivity index is 3.26. The fourth-order valence-corrected chi connectivity index (χ4v) is 3.83. The molecule has 3 heteroatoms. The highest BCUT2D eigenvalue weighted by molar-refractivity contribution is 5.81. The van der Waals surface area contributed by atoms with Crippen LogP contribution in [0, 0.1) is 0 Å². The van der Waals surface area contributed by atoms with Crippen molar-refractivity contribution >= 4 is 5.97 Å². The number of hydrogen-bond donors (Lipinski definition) is 0. The van der Waals surface area contributed by atoms with E-state index in [0.717, 1.165) is 17.6 Å². The number of nitrogens with zero attached hydrogens (tertiary/aromatic N) is 1. The lowest BCUT2D eigenvalue weighted by Crippen LogP contribution is -2.43. The van der Waals surface area contributed by atoms with Crippen molar-refractivity contribution in [1.82, 2.24) is 0 Å². The molecule has 0 rings (SSSR count). The van der Waals surface area contributed by atoms with Gasteiger partial charge in [-0.05, 0) is 12.8 Å². The van der Waals surface area contributed by atoms with E-state index in [1.54, 1.807) is 0 Å². The Morgan fingerprint density at radius 1 is 0.690 bits per heavy atom. The molecule has 0 aromatic carbocycles. The number of likely N-dealkylation sites (N-methyl/N-ethyl adjacent to an activating group) is 1. The summed E-state index contributed by atoms with van der Waals surface area (Å²) in [7, 11) is 4.43. The van der Waals surface area contributed by atoms with E-state index in [4.69, 9.17) is 4.74 Å². The van der Waals surface area contributed by atoms with E-state index in [-0.39, 0.29) is 5.97 Å². The van der Waals surface area contributed by atoms with Crippen LogP contribution in [0.5, 0.6) is 0 Å². The molecule has 0 spiro atoms. The molecule has 0 aromatic rings. The van der Waals surface area contributed by atoms with Crippen LogP contribution in [0.3, 0.4) is 0 Å². The van der Waals surface area contributed by atoms with Gasteiger partial charge in [0.2, 0.25) is 0 Å². The number of rotatable bonds is 22. The quantitative estimate of drug-likeness (QED) is 0.0802. The van der Waals surface area contributed by atoms with Crippen LogP contribution in [0.2, 0.25) is 0 Å². The lowest BCUT2D eigenvalue weighted by molar-refractivity contribution is -0.890. The molecule has 0 saturated carbocycles. The summed E-state index contributed by atoms with van der Waals surface area (Å²) in [6.45, 7) is 8.22. The highest BCUT2D eigenvalue weighted by Crippen LogP contribution is 2.14. The monoisotopic (exact) mass is 410 g/mol. The molecule has 0 radical (unpaired) electrons. The van der Waals surface area contributed by atoms with Crippen molar-refractivity contribution in [2.24, 2.45) is 0 Å². The van der Waals surface area contributed by atoms with Crippen LogP contribution in [0.1, 0.15) is 116 Å². The van der Waals surface area contributed by atoms with Gasteiger partial charge >= 0.3 is 5.97 Å². The van der Waals surface area contributed by atoms with E-state index < -0.39 is 0 Å². The average Bonchev–Trinajstić information content (AvgIpc) is 2.70. The molecule has 0 heterocycles. The minimum Gasteiger partial charge on any atom is -0.457 e. The summed E-state index contributed by atoms with van der Waals surface area (Å²) in [5, 5.41) is 0. The summed E-state index contributed by atoms with van der Waals surface area (Å²) in [5.41, 5.74) is 0. The van der Waals surface area contributed by atoms with Crippen molar-refractivity contribution in [3.63, 3.8) is 0 Å². The Bertz CT molecular complexity index is 379. The topological polar surface area (TPSA) is 26.3 Å². The third-order valence-corrected chi connectivity index (χ3v) is 5.97. The molecule has 0 bridgehead atoms. The normalized spacial score (nSPS) is 11.6. The van der Waals surface area contributed by atoms with Crippen LogP contribution >= 0.6 is 0 Å². The van der Waals surface area contributed by atoms with E-state index in [1.807, 2.05) is 0 Å². The molecule has 0 fully saturated rings. The van der Waals surface area contributed by atoms with Crippen molar-refractivity contribution in [1.29, 1.82) is 0 Å². The van der Waals surface area contributed by atoms with Crippen LogP contribution < -0.4 is 0 Å². The second-order valence-corrected chi connectivity index (χ2v) is 9.41. The van der Waals surface area contributed by atoms with Crippen LogP contribution in [-0.2, 0) is 9.53 Å². The maximum Gasteiger partial charge on any atom is 0.330 e. The fourth-order valence-electron chi connectivity index (χ4n) is 3.83. The second-order valence-electron chi connectivity index (χ2n) is 9.41. The van der Waals surface area contributed by atoms with Crippen LogP contribution in [-0.4, -0.2) is 44.2 Å². The highest BCUT2D eigenvalue weighted by atomic mass is 16.5. The molecule has 0 aliphatic rings. The lowest BCUT2D eigenvalue weighted by atomic mass is 10.0. The number of carbonyl (C=O) groups excluding carboxylic acids is 1. The van der Waals surface area contributed by atoms with Gasteiger partial charge in [0.05, 0.1) is 20.6 Å². The Hall–Kier alpha value is -0.830. The fraction of sp³-hybridized carbons (Fsp3) is 0.885. The summed E-state index contributed by atoms with van der Waals surface area (Å²) in [4.78, 5) is 11.1. The SMILES string of the molecule is C=CC(=O)OCC[N+](C)(C)CCCCCCCCCCCCCCCCCCC. The van der Waals surface area contributed by atoms with Gasteiger partial charge in [-0.1, -0.05) is 110 Å². The Kier molecular flexibility index (Phi) is 19.9. The molecule has 172 valence electrons. The third-order valence-electron chi connectivity index (χ3n) is 5.97. The molecule has 0 aliphatic carbocycles. The molecule has 0 aromatic heterocycles. The third kappa shape index (κ3) is 21.7. The summed E-state index contributed by atoms with van der Waals surface area (Å²) in [6.07, 6.45) is 25.2. The zero-order chi connectivity index (χ0) is 21.6. The maximum atomic E-state index is 11.1. The van der Waals surface area contributed by atoms with Crippen LogP contribution in [0.4, 0.5) is 0 Å². The predicted octanol–water partition coefficient (Wildman–Crippen LogP) is 7.44. The molecule has 0 N–H and O–H groups in total. The smallest absolute Gasteiger partial charge is 0.330 e. The number of ether oxygens (including phenoxy) is 1. The highest BCUT2D eigenvalue weighted by Gasteiger charge is 2.14. The standard InChI is InChI=1S/C26H52NO2/c1-5-7-8-9-10-11-12-13-14-15-16-17-18-19-20-21-22-23-27(3,4)24-25-29-26(28)6-2/h6H,2,5,7-25H2,1,3-4H3/q+1. The Morgan fingerprint density at radius 3 is 1.45 bits per heavy atom. The van der Waals surface area contributed by atoms with Gasteiger partial charge in [0.15, 0.2) is 0 Å². The zero-order valence-electron chi connectivity index (χ0n) is 20.2. The first-order valence-corrected chi connectivity index (χ1v) is 12.6. The van der Waals surface area contributed by atoms with Gasteiger partial charge < -0.3 is 9.22 Å². The van der Waals surface area contributed by atoms with Crippen LogP contribution in [0.15, 0.2) is 12.7 Å². The second kappa shape index (κ2) is 20.4. The van der Waals surface area contributed by atoms with Gasteiger partial charge in [-0.2, -0.15) is 0 Å². The van der Waals surface area contributed by atoms with Crippen molar-refractivity contribution in [2.45, 2.75) is 116 Å². The van der Waals surface area contributed by atoms with Gasteiger partial charge in [-0.25, -0.2) is 4.79 Å². The van der Waals surface area contributed by atoms with E-state index in [2.05, 4.69) is 27.6 Å². The molecule has 0 aliphatic heterocycles. The van der Waals surface area contributed by atoms with E-state index >= 15 is 0 Å². The molecule has 3 nitrogen and oxygen atoms in total. The first-order valence-electron chi connectivity index (χ1n) is 12.6. The molecular formula is C26H52NO2+. The van der Waals surface area contributed by atoms with Crippen molar-refractivity contribution < 1.29 is 14.0 Å². The van der Waals surface area contributed by atoms with Gasteiger partial charge in [-0.15, -0.1) is 0 Å². The number of quaternary nitrogens is 1. The van der Waals surface area contributed by atoms with Gasteiger partial charge in [0.1, 0.15) is 13.2 Å². The number of carbonyl (C=O) groups is 1. The molecule has 0 atom stereocenters. The molecular weight excluding hydrogens is 358 g/mol. The summed E-state index contributed by atoms with van der Waals surface area (Å²) < 4.78 is 6.01. The predicted molar refractivity (Wildman–Crippen MR) is 127 cm³/mol. The number of esters is 1. The van der Waals surface area contributed by atoms with Gasteiger partial charge in [0, 0.05) is 6.08 Å². The summed E-state index contributed by atoms with van der Waals surface area (Å²) in [6, 6.07) is 0. The zero-order valence-corrected chi connectivity index (χ0v) is 20.2. The lowest BCUT2D eigenvalue weighted by Gasteiger charge is -2.29. The largest absolute Gasteiger partial charge is 0.457 e. The Labute approximate surface area is 182 Å². The minimum atomic E-state index is -0.317. The van der Waals surface area contributed by atoms with E-state index in [0.29, 0.717) is 6.61 Å². The number of unbranched alkanes of at least 4 members (excludes halogenated alkanes) is 16. The molecule has 0 unspecified atom stereocenters. The van der Waals surface area contributed by atoms with Crippen molar-refractivity contribution in [2.75, 3.05) is 33.8 Å². The summed E-state index contributed by atoms with van der Waals surface area (Å²) >= 11 is 0. The van der Waals surface area contributed by atoms with Crippen molar-refractivity contribution in [3.8, 4) is 0 Å². The van der Waals surface area contributed by atoms with E-state index in [9.17, 15) is 4.79 Å². The average molecular weight is 411 g/mol. The summed E-state index contributed by atoms with van der Waals surface area (Å²) in [5.74, 6) is -0.317. The van der Waals surface area contributed by atoms with E-state index in [1.165, 1.54) is 115 Å². The minimum absolute atomic E-state index is 0.317. The first-order chi connectivity index (χ1) is 14.0.